The molecule has 6 nitrogen and oxygen atoms in total. The number of carbonyl (C=O) groups is 1. The zero-order valence-electron chi connectivity index (χ0n) is 15.0. The summed E-state index contributed by atoms with van der Waals surface area (Å²) < 4.78 is 24.3. The number of anilines is 1. The monoisotopic (exact) mass is 367 g/mol. The Morgan fingerprint density at radius 3 is 2.81 bits per heavy atom. The van der Waals surface area contributed by atoms with Gasteiger partial charge in [-0.15, -0.1) is 0 Å². The van der Waals surface area contributed by atoms with Crippen LogP contribution in [-0.4, -0.2) is 29.7 Å². The van der Waals surface area contributed by atoms with E-state index in [1.807, 2.05) is 31.2 Å². The number of carbonyl (C=O) groups excluding carboxylic acids is 1. The van der Waals surface area contributed by atoms with Crippen molar-refractivity contribution in [2.75, 3.05) is 18.6 Å². The van der Waals surface area contributed by atoms with Crippen molar-refractivity contribution in [3.05, 3.63) is 59.7 Å². The fraction of sp³-hybridized carbons (Fsp3) is 0.250. The topological polar surface area (TPSA) is 68.5 Å². The largest absolute Gasteiger partial charge is 0.494 e. The molecular formula is C20H18FN3O3. The van der Waals surface area contributed by atoms with E-state index in [0.29, 0.717) is 23.9 Å². The maximum Gasteiger partial charge on any atom is 0.232 e. The highest BCUT2D eigenvalue weighted by molar-refractivity contribution is 5.96. The Morgan fingerprint density at radius 2 is 2.07 bits per heavy atom. The summed E-state index contributed by atoms with van der Waals surface area (Å²) in [6.45, 7) is 2.34. The first kappa shape index (κ1) is 17.2. The highest BCUT2D eigenvalue weighted by Crippen LogP contribution is 2.33. The molecule has 0 aliphatic carbocycles. The first-order chi connectivity index (χ1) is 13.1. The van der Waals surface area contributed by atoms with Crippen molar-refractivity contribution in [3.63, 3.8) is 0 Å². The van der Waals surface area contributed by atoms with Crippen LogP contribution in [0.4, 0.5) is 10.1 Å². The number of amides is 1. The molecule has 1 aliphatic heterocycles. The van der Waals surface area contributed by atoms with E-state index in [1.54, 1.807) is 6.07 Å². The van der Waals surface area contributed by atoms with Gasteiger partial charge in [-0.25, -0.2) is 4.39 Å². The molecule has 0 N–H and O–H groups in total. The third-order valence-corrected chi connectivity index (χ3v) is 4.75. The van der Waals surface area contributed by atoms with Gasteiger partial charge in [-0.1, -0.05) is 29.4 Å². The Labute approximate surface area is 155 Å². The van der Waals surface area contributed by atoms with E-state index >= 15 is 0 Å². The van der Waals surface area contributed by atoms with Crippen LogP contribution >= 0.6 is 0 Å². The number of hydrogen-bond donors (Lipinski definition) is 0. The van der Waals surface area contributed by atoms with E-state index < -0.39 is 5.82 Å². The molecule has 1 fully saturated rings. The molecule has 7 heteroatoms. The number of benzene rings is 2. The fourth-order valence-corrected chi connectivity index (χ4v) is 3.28. The summed E-state index contributed by atoms with van der Waals surface area (Å²) in [5.41, 5.74) is 2.42. The second-order valence-corrected chi connectivity index (χ2v) is 6.50. The first-order valence-corrected chi connectivity index (χ1v) is 8.60. The lowest BCUT2D eigenvalue weighted by Crippen LogP contribution is -2.24. The number of rotatable bonds is 4. The summed E-state index contributed by atoms with van der Waals surface area (Å²) in [6.07, 6.45) is 0.239. The Balaban J connectivity index is 1.56. The van der Waals surface area contributed by atoms with E-state index in [-0.39, 0.29) is 24.0 Å². The number of halogens is 1. The van der Waals surface area contributed by atoms with Gasteiger partial charge in [0, 0.05) is 30.3 Å². The van der Waals surface area contributed by atoms with Crippen LogP contribution in [0.25, 0.3) is 11.4 Å². The number of aryl methyl sites for hydroxylation is 1. The minimum absolute atomic E-state index is 0.111. The zero-order chi connectivity index (χ0) is 19.0. The predicted octanol–water partition coefficient (Wildman–Crippen LogP) is 3.71. The molecule has 1 aliphatic rings. The summed E-state index contributed by atoms with van der Waals surface area (Å²) in [5.74, 6) is 0.211. The van der Waals surface area contributed by atoms with Gasteiger partial charge in [-0.3, -0.25) is 4.79 Å². The average Bonchev–Trinajstić information content (AvgIpc) is 3.29. The molecule has 0 saturated carbocycles. The molecule has 1 amide bonds. The highest BCUT2D eigenvalue weighted by atomic mass is 19.1. The van der Waals surface area contributed by atoms with Crippen LogP contribution < -0.4 is 9.64 Å². The molecule has 0 bridgehead atoms. The molecule has 1 atom stereocenters. The van der Waals surface area contributed by atoms with Crippen molar-refractivity contribution in [1.82, 2.24) is 10.1 Å². The summed E-state index contributed by atoms with van der Waals surface area (Å²) in [4.78, 5) is 18.5. The quantitative estimate of drug-likeness (QED) is 0.703. The molecule has 1 aromatic heterocycles. The van der Waals surface area contributed by atoms with Gasteiger partial charge in [0.15, 0.2) is 11.6 Å². The molecule has 1 saturated heterocycles. The minimum Gasteiger partial charge on any atom is -0.494 e. The van der Waals surface area contributed by atoms with Gasteiger partial charge in [0.2, 0.25) is 17.6 Å². The maximum absolute atomic E-state index is 14.0. The SMILES string of the molecule is COc1ccc(N2CC(c3nc(-c4ccccc4C)no3)CC2=O)cc1F. The van der Waals surface area contributed by atoms with Crippen molar-refractivity contribution < 1.29 is 18.4 Å². The van der Waals surface area contributed by atoms with Crippen LogP contribution in [0.1, 0.15) is 23.8 Å². The van der Waals surface area contributed by atoms with Crippen molar-refractivity contribution in [2.24, 2.45) is 0 Å². The lowest BCUT2D eigenvalue weighted by atomic mass is 10.1. The van der Waals surface area contributed by atoms with Gasteiger partial charge in [0.25, 0.3) is 0 Å². The Kier molecular flexibility index (Phi) is 4.35. The lowest BCUT2D eigenvalue weighted by molar-refractivity contribution is -0.117. The van der Waals surface area contributed by atoms with Crippen molar-refractivity contribution >= 4 is 11.6 Å². The standard InChI is InChI=1S/C20H18FN3O3/c1-12-5-3-4-6-15(12)19-22-20(27-23-19)13-9-18(25)24(11-13)14-7-8-17(26-2)16(21)10-14/h3-8,10,13H,9,11H2,1-2H3. The molecule has 1 unspecified atom stereocenters. The number of hydrogen-bond acceptors (Lipinski definition) is 5. The first-order valence-electron chi connectivity index (χ1n) is 8.60. The number of ether oxygens (including phenoxy) is 1. The number of nitrogens with zero attached hydrogens (tertiary/aromatic N) is 3. The third kappa shape index (κ3) is 3.16. The van der Waals surface area contributed by atoms with E-state index in [1.165, 1.54) is 24.1 Å². The third-order valence-electron chi connectivity index (χ3n) is 4.75. The van der Waals surface area contributed by atoms with Crippen molar-refractivity contribution in [2.45, 2.75) is 19.3 Å². The molecule has 2 aromatic carbocycles. The molecule has 0 spiro atoms. The van der Waals surface area contributed by atoms with Gasteiger partial charge in [-0.05, 0) is 24.6 Å². The van der Waals surface area contributed by atoms with Crippen LogP contribution in [0.2, 0.25) is 0 Å². The molecular weight excluding hydrogens is 349 g/mol. The summed E-state index contributed by atoms with van der Waals surface area (Å²) in [5, 5.41) is 4.06. The molecule has 3 aromatic rings. The molecule has 138 valence electrons. The Hall–Kier alpha value is -3.22. The van der Waals surface area contributed by atoms with Crippen LogP contribution in [0.5, 0.6) is 5.75 Å². The van der Waals surface area contributed by atoms with Crippen molar-refractivity contribution in [3.8, 4) is 17.1 Å². The second-order valence-electron chi connectivity index (χ2n) is 6.50. The van der Waals surface area contributed by atoms with E-state index in [2.05, 4.69) is 10.1 Å². The fourth-order valence-electron chi connectivity index (χ4n) is 3.28. The summed E-state index contributed by atoms with van der Waals surface area (Å²) in [7, 11) is 1.40. The molecule has 27 heavy (non-hydrogen) atoms. The van der Waals surface area contributed by atoms with Gasteiger partial charge < -0.3 is 14.2 Å². The van der Waals surface area contributed by atoms with Crippen LogP contribution in [0.15, 0.2) is 47.0 Å². The van der Waals surface area contributed by atoms with Gasteiger partial charge in [0.1, 0.15) is 0 Å². The van der Waals surface area contributed by atoms with E-state index in [4.69, 9.17) is 9.26 Å². The van der Waals surface area contributed by atoms with Gasteiger partial charge in [-0.2, -0.15) is 4.98 Å². The smallest absolute Gasteiger partial charge is 0.232 e. The van der Waals surface area contributed by atoms with Crippen LogP contribution in [-0.2, 0) is 4.79 Å². The van der Waals surface area contributed by atoms with Crippen LogP contribution in [0, 0.1) is 12.7 Å². The summed E-state index contributed by atoms with van der Waals surface area (Å²) >= 11 is 0. The minimum atomic E-state index is -0.508. The number of methoxy groups -OCH3 is 1. The Bertz CT molecular complexity index is 1000. The number of aromatic nitrogens is 2. The molecule has 4 rings (SSSR count). The highest BCUT2D eigenvalue weighted by Gasteiger charge is 2.35. The van der Waals surface area contributed by atoms with Gasteiger partial charge >= 0.3 is 0 Å². The Morgan fingerprint density at radius 1 is 1.26 bits per heavy atom. The maximum atomic E-state index is 14.0. The second kappa shape index (κ2) is 6.83. The zero-order valence-corrected chi connectivity index (χ0v) is 15.0. The van der Waals surface area contributed by atoms with Crippen molar-refractivity contribution in [1.29, 1.82) is 0 Å². The van der Waals surface area contributed by atoms with Gasteiger partial charge in [0.05, 0.1) is 13.0 Å². The normalized spacial score (nSPS) is 16.8. The van der Waals surface area contributed by atoms with E-state index in [9.17, 15) is 9.18 Å². The van der Waals surface area contributed by atoms with Crippen LogP contribution in [0.3, 0.4) is 0 Å². The average molecular weight is 367 g/mol. The molecule has 0 radical (unpaired) electrons. The lowest BCUT2D eigenvalue weighted by Gasteiger charge is -2.16. The van der Waals surface area contributed by atoms with E-state index in [0.717, 1.165) is 11.1 Å². The molecule has 2 heterocycles. The predicted molar refractivity (Wildman–Crippen MR) is 97.1 cm³/mol. The summed E-state index contributed by atoms with van der Waals surface area (Å²) in [6, 6.07) is 12.2.